The van der Waals surface area contributed by atoms with Crippen LogP contribution < -0.4 is 0 Å². The van der Waals surface area contributed by atoms with Crippen LogP contribution in [0.5, 0.6) is 0 Å². The molecule has 4 rings (SSSR count). The lowest BCUT2D eigenvalue weighted by molar-refractivity contribution is -0.932. The summed E-state index contributed by atoms with van der Waals surface area (Å²) in [6.07, 6.45) is 3.46. The Hall–Kier alpha value is -0.130. The highest BCUT2D eigenvalue weighted by Gasteiger charge is 2.60. The fourth-order valence-electron chi connectivity index (χ4n) is 4.85. The van der Waals surface area contributed by atoms with Gasteiger partial charge in [0.15, 0.2) is 0 Å². The fourth-order valence-corrected chi connectivity index (χ4v) is 8.53. The number of aliphatic hydroxyl groups excluding tert-OH is 1. The van der Waals surface area contributed by atoms with Crippen molar-refractivity contribution >= 4 is 51.7 Å². The number of halogens is 1. The number of nitrogens with zero attached hydrogens (tertiary/aromatic N) is 1. The molecule has 7 atom stereocenters. The van der Waals surface area contributed by atoms with Crippen molar-refractivity contribution in [3.63, 3.8) is 0 Å². The highest BCUT2D eigenvalue weighted by Crippen LogP contribution is 2.48. The minimum Gasteiger partial charge on any atom is -0.459 e. The Labute approximate surface area is 187 Å². The van der Waals surface area contributed by atoms with E-state index in [4.69, 9.17) is 4.74 Å². The van der Waals surface area contributed by atoms with Crippen LogP contribution in [0.25, 0.3) is 0 Å². The molecule has 0 saturated carbocycles. The van der Waals surface area contributed by atoms with Crippen LogP contribution >= 0.6 is 45.7 Å². The van der Waals surface area contributed by atoms with E-state index < -0.39 is 17.7 Å². The number of thioether (sulfide) groups is 1. The SMILES string of the molecule is CC1CC=C(C(O)(C(=O)OC2CC3C(O)C(I)[C@H](C2)[N+]3(C)C)c2cccs2)S1. The van der Waals surface area contributed by atoms with E-state index in [1.54, 1.807) is 17.8 Å². The Morgan fingerprint density at radius 3 is 2.64 bits per heavy atom. The molecule has 154 valence electrons. The second-order valence-corrected chi connectivity index (χ2v) is 12.5. The third-order valence-corrected chi connectivity index (χ3v) is 10.4. The van der Waals surface area contributed by atoms with Gasteiger partial charge in [0.1, 0.15) is 24.3 Å². The number of fused-ring (bicyclic) bond motifs is 2. The van der Waals surface area contributed by atoms with Crippen molar-refractivity contribution in [1.29, 1.82) is 0 Å². The standard InChI is InChI=1S/C20H27INO4S2/c1-11-6-7-16(28-11)20(25,15-5-4-8-27-15)19(24)26-12-9-13-17(21)18(23)14(10-12)22(13,2)3/h4-5,7-8,11-14,17-18,23,25H,6,9-10H2,1-3H3/q+1/t11?,12?,13-,14?,17?,18?,20?/m0/s1. The highest BCUT2D eigenvalue weighted by atomic mass is 127. The van der Waals surface area contributed by atoms with Gasteiger partial charge in [0.2, 0.25) is 5.60 Å². The normalized spacial score (nSPS) is 38.7. The third kappa shape index (κ3) is 3.28. The first kappa shape index (κ1) is 21.1. The fraction of sp³-hybridized carbons (Fsp3) is 0.650. The molecule has 3 aliphatic rings. The third-order valence-electron chi connectivity index (χ3n) is 6.57. The number of esters is 1. The molecule has 6 unspecified atom stereocenters. The van der Waals surface area contributed by atoms with E-state index in [2.05, 4.69) is 43.6 Å². The number of carbonyl (C=O) groups excluding carboxylic acids is 1. The van der Waals surface area contributed by atoms with Crippen molar-refractivity contribution in [3.05, 3.63) is 33.4 Å². The lowest BCUT2D eigenvalue weighted by Gasteiger charge is -2.44. The van der Waals surface area contributed by atoms with Gasteiger partial charge < -0.3 is 19.4 Å². The van der Waals surface area contributed by atoms with Crippen molar-refractivity contribution in [1.82, 2.24) is 0 Å². The first-order valence-corrected chi connectivity index (χ1v) is 12.7. The minimum atomic E-state index is -1.73. The smallest absolute Gasteiger partial charge is 0.349 e. The van der Waals surface area contributed by atoms with Gasteiger partial charge in [0.05, 0.1) is 22.9 Å². The first-order valence-electron chi connectivity index (χ1n) is 9.66. The zero-order chi connectivity index (χ0) is 20.3. The van der Waals surface area contributed by atoms with Crippen LogP contribution in [0.2, 0.25) is 0 Å². The molecule has 4 heterocycles. The quantitative estimate of drug-likeness (QED) is 0.268. The maximum atomic E-state index is 13.3. The number of thiophene rings is 1. The topological polar surface area (TPSA) is 66.8 Å². The van der Waals surface area contributed by atoms with E-state index >= 15 is 0 Å². The van der Waals surface area contributed by atoms with Gasteiger partial charge in [-0.1, -0.05) is 41.7 Å². The number of hydrogen-bond donors (Lipinski definition) is 2. The van der Waals surface area contributed by atoms with Crippen LogP contribution in [0.1, 0.15) is 31.1 Å². The monoisotopic (exact) mass is 536 g/mol. The second kappa shape index (κ2) is 7.53. The van der Waals surface area contributed by atoms with Crippen LogP contribution in [0.4, 0.5) is 0 Å². The Morgan fingerprint density at radius 2 is 2.07 bits per heavy atom. The van der Waals surface area contributed by atoms with Crippen LogP contribution in [0.15, 0.2) is 28.5 Å². The molecule has 1 aromatic rings. The number of allylic oxidation sites excluding steroid dienone is 1. The maximum Gasteiger partial charge on any atom is 0.349 e. The van der Waals surface area contributed by atoms with Crippen LogP contribution in [-0.4, -0.2) is 68.2 Å². The molecule has 0 aliphatic carbocycles. The van der Waals surface area contributed by atoms with Gasteiger partial charge >= 0.3 is 5.97 Å². The number of hydrogen-bond acceptors (Lipinski definition) is 6. The molecule has 0 spiro atoms. The first-order chi connectivity index (χ1) is 13.2. The Balaban J connectivity index is 1.57. The van der Waals surface area contributed by atoms with Gasteiger partial charge in [-0.15, -0.1) is 23.1 Å². The molecule has 2 bridgehead atoms. The lowest BCUT2D eigenvalue weighted by atomic mass is 9.96. The van der Waals surface area contributed by atoms with Crippen LogP contribution in [0, 0.1) is 0 Å². The molecule has 1 aromatic heterocycles. The summed E-state index contributed by atoms with van der Waals surface area (Å²) in [5.41, 5.74) is -1.73. The molecule has 2 N–H and O–H groups in total. The molecule has 28 heavy (non-hydrogen) atoms. The molecule has 8 heteroatoms. The number of carbonyl (C=O) groups is 1. The Bertz CT molecular complexity index is 763. The van der Waals surface area contributed by atoms with Gasteiger partial charge in [-0.05, 0) is 17.9 Å². The number of rotatable bonds is 4. The molecule has 2 saturated heterocycles. The van der Waals surface area contributed by atoms with Gasteiger partial charge in [0.25, 0.3) is 0 Å². The molecule has 0 radical (unpaired) electrons. The molecule has 0 aromatic carbocycles. The Morgan fingerprint density at radius 1 is 1.36 bits per heavy atom. The summed E-state index contributed by atoms with van der Waals surface area (Å²) in [7, 11) is 4.30. The van der Waals surface area contributed by atoms with E-state index in [1.807, 2.05) is 17.5 Å². The molecular weight excluding hydrogens is 509 g/mol. The lowest BCUT2D eigenvalue weighted by Crippen LogP contribution is -2.58. The number of ether oxygens (including phenoxy) is 1. The Kier molecular flexibility index (Phi) is 5.68. The van der Waals surface area contributed by atoms with Crippen molar-refractivity contribution in [2.24, 2.45) is 0 Å². The van der Waals surface area contributed by atoms with Gasteiger partial charge in [-0.25, -0.2) is 4.79 Å². The zero-order valence-corrected chi connectivity index (χ0v) is 20.0. The largest absolute Gasteiger partial charge is 0.459 e. The predicted octanol–water partition coefficient (Wildman–Crippen LogP) is 3.04. The average molecular weight is 536 g/mol. The second-order valence-electron chi connectivity index (χ2n) is 8.62. The summed E-state index contributed by atoms with van der Waals surface area (Å²) < 4.78 is 6.84. The molecular formula is C20H27INO4S2+. The summed E-state index contributed by atoms with van der Waals surface area (Å²) in [6.45, 7) is 2.09. The summed E-state index contributed by atoms with van der Waals surface area (Å²) in [6, 6.07) is 3.93. The van der Waals surface area contributed by atoms with Crippen molar-refractivity contribution in [3.8, 4) is 0 Å². The van der Waals surface area contributed by atoms with E-state index in [9.17, 15) is 15.0 Å². The van der Waals surface area contributed by atoms with Crippen LogP contribution in [-0.2, 0) is 15.1 Å². The number of likely N-dealkylation sites (N-methyl/N-ethyl adjacent to an activating group) is 1. The highest BCUT2D eigenvalue weighted by molar-refractivity contribution is 14.1. The van der Waals surface area contributed by atoms with Crippen molar-refractivity contribution in [2.75, 3.05) is 14.1 Å². The summed E-state index contributed by atoms with van der Waals surface area (Å²) in [5, 5.41) is 24.4. The zero-order valence-electron chi connectivity index (χ0n) is 16.2. The predicted molar refractivity (Wildman–Crippen MR) is 121 cm³/mol. The molecule has 3 aliphatic heterocycles. The number of quaternary nitrogens is 1. The van der Waals surface area contributed by atoms with E-state index in [1.165, 1.54) is 11.3 Å². The van der Waals surface area contributed by atoms with Crippen molar-refractivity contribution < 1.29 is 24.2 Å². The number of piperidine rings is 1. The van der Waals surface area contributed by atoms with E-state index in [0.29, 0.717) is 27.9 Å². The molecule has 5 nitrogen and oxygen atoms in total. The van der Waals surface area contributed by atoms with E-state index in [0.717, 1.165) is 10.9 Å². The number of aliphatic hydroxyl groups is 2. The van der Waals surface area contributed by atoms with Gasteiger partial charge in [0, 0.05) is 23.0 Å². The summed E-state index contributed by atoms with van der Waals surface area (Å²) in [5.74, 6) is -0.584. The summed E-state index contributed by atoms with van der Waals surface area (Å²) >= 11 is 5.26. The molecule has 0 amide bonds. The van der Waals surface area contributed by atoms with Gasteiger partial charge in [-0.3, -0.25) is 0 Å². The summed E-state index contributed by atoms with van der Waals surface area (Å²) in [4.78, 5) is 14.6. The molecule has 2 fully saturated rings. The minimum absolute atomic E-state index is 0.0494. The maximum absolute atomic E-state index is 13.3. The van der Waals surface area contributed by atoms with Crippen molar-refractivity contribution in [2.45, 2.75) is 65.3 Å². The average Bonchev–Trinajstić information content (AvgIpc) is 3.33. The van der Waals surface area contributed by atoms with Gasteiger partial charge in [-0.2, -0.15) is 0 Å². The number of alkyl halides is 1. The van der Waals surface area contributed by atoms with E-state index in [-0.39, 0.29) is 22.1 Å². The van der Waals surface area contributed by atoms with Crippen LogP contribution in [0.3, 0.4) is 0 Å².